The average molecular weight is 492 g/mol. The molecule has 0 aliphatic carbocycles. The van der Waals surface area contributed by atoms with E-state index < -0.39 is 6.36 Å². The lowest BCUT2D eigenvalue weighted by Crippen LogP contribution is -2.36. The van der Waals surface area contributed by atoms with Crippen molar-refractivity contribution in [3.63, 3.8) is 0 Å². The number of rotatable bonds is 9. The minimum absolute atomic E-state index is 0.0301. The molecule has 0 spiro atoms. The van der Waals surface area contributed by atoms with Gasteiger partial charge < -0.3 is 19.4 Å². The first-order chi connectivity index (χ1) is 16.5. The van der Waals surface area contributed by atoms with Crippen LogP contribution in [0.3, 0.4) is 0 Å². The predicted molar refractivity (Wildman–Crippen MR) is 132 cm³/mol. The van der Waals surface area contributed by atoms with E-state index >= 15 is 0 Å². The number of alkyl halides is 3. The number of carbonyl (C=O) groups excluding carboxylic acids is 1. The average Bonchev–Trinajstić information content (AvgIpc) is 3.15. The van der Waals surface area contributed by atoms with Crippen molar-refractivity contribution in [1.82, 2.24) is 14.7 Å². The third-order valence-electron chi connectivity index (χ3n) is 6.71. The number of piperidine rings is 1. The van der Waals surface area contributed by atoms with Gasteiger partial charge in [-0.25, -0.2) is 0 Å². The Morgan fingerprint density at radius 2 is 1.86 bits per heavy atom. The van der Waals surface area contributed by atoms with Crippen molar-refractivity contribution >= 4 is 5.91 Å². The van der Waals surface area contributed by atoms with Gasteiger partial charge in [0.2, 0.25) is 5.91 Å². The van der Waals surface area contributed by atoms with Crippen LogP contribution in [0.25, 0.3) is 0 Å². The van der Waals surface area contributed by atoms with Crippen LogP contribution in [-0.4, -0.2) is 73.8 Å². The minimum atomic E-state index is -4.72. The zero-order chi connectivity index (χ0) is 25.6. The van der Waals surface area contributed by atoms with Gasteiger partial charge in [-0.1, -0.05) is 30.9 Å². The van der Waals surface area contributed by atoms with Gasteiger partial charge in [0.15, 0.2) is 0 Å². The molecule has 2 fully saturated rings. The Labute approximate surface area is 206 Å². The summed E-state index contributed by atoms with van der Waals surface area (Å²) in [7, 11) is 4.30. The molecule has 5 nitrogen and oxygen atoms in total. The third kappa shape index (κ3) is 8.25. The summed E-state index contributed by atoms with van der Waals surface area (Å²) >= 11 is 0. The highest BCUT2D eigenvalue weighted by molar-refractivity contribution is 5.96. The Morgan fingerprint density at radius 1 is 1.20 bits per heavy atom. The maximum Gasteiger partial charge on any atom is 0.573 e. The van der Waals surface area contributed by atoms with Gasteiger partial charge in [0.25, 0.3) is 0 Å². The number of allylic oxidation sites excluding steroid dienone is 2. The molecule has 0 radical (unpaired) electrons. The maximum atomic E-state index is 13.0. The van der Waals surface area contributed by atoms with Crippen LogP contribution in [0.5, 0.6) is 5.75 Å². The van der Waals surface area contributed by atoms with Gasteiger partial charge in [-0.2, -0.15) is 0 Å². The molecule has 0 unspecified atom stereocenters. The lowest BCUT2D eigenvalue weighted by molar-refractivity contribution is -0.274. The Hall–Kier alpha value is -2.58. The van der Waals surface area contributed by atoms with Gasteiger partial charge in [-0.15, -0.1) is 13.2 Å². The molecule has 0 N–H and O–H groups in total. The molecule has 35 heavy (non-hydrogen) atoms. The van der Waals surface area contributed by atoms with E-state index in [1.165, 1.54) is 25.0 Å². The smallest absolute Gasteiger partial charge is 0.406 e. The molecule has 0 atom stereocenters. The minimum Gasteiger partial charge on any atom is -0.406 e. The van der Waals surface area contributed by atoms with Gasteiger partial charge in [0.1, 0.15) is 5.75 Å². The molecular weight excluding hydrogens is 455 g/mol. The van der Waals surface area contributed by atoms with E-state index in [4.69, 9.17) is 0 Å². The SMILES string of the molecule is C=C/C(=C\C(C)=C1/CCN(Cc2ccc(OC(F)(F)F)cc2)C1=O)CN(C)CC1CCN(C)CC1. The molecule has 2 heterocycles. The van der Waals surface area contributed by atoms with Gasteiger partial charge in [0, 0.05) is 31.8 Å². The normalized spacial score (nSPS) is 20.0. The summed E-state index contributed by atoms with van der Waals surface area (Å²) in [5.41, 5.74) is 3.55. The molecule has 2 aliphatic heterocycles. The maximum absolute atomic E-state index is 13.0. The molecule has 0 saturated carbocycles. The molecular formula is C27H36F3N3O2. The molecule has 1 amide bonds. The van der Waals surface area contributed by atoms with E-state index in [0.717, 1.165) is 48.5 Å². The zero-order valence-corrected chi connectivity index (χ0v) is 20.9. The summed E-state index contributed by atoms with van der Waals surface area (Å²) in [5, 5.41) is 0. The molecule has 0 bridgehead atoms. The van der Waals surface area contributed by atoms with E-state index in [9.17, 15) is 18.0 Å². The Kier molecular flexibility index (Phi) is 9.19. The standard InChI is InChI=1S/C27H36F3N3O2/c1-5-21(17-32(4)18-23-10-13-31(3)14-11-23)16-20(2)25-12-15-33(26(25)34)19-22-6-8-24(9-7-22)35-27(28,29)30/h5-9,16,23H,1,10-15,17-19H2,2-4H3/b21-16+,25-20+. The van der Waals surface area contributed by atoms with Crippen molar-refractivity contribution in [2.24, 2.45) is 5.92 Å². The van der Waals surface area contributed by atoms with Gasteiger partial charge >= 0.3 is 6.36 Å². The van der Waals surface area contributed by atoms with E-state index in [1.807, 2.05) is 13.0 Å². The van der Waals surface area contributed by atoms with Crippen LogP contribution >= 0.6 is 0 Å². The molecule has 2 saturated heterocycles. The van der Waals surface area contributed by atoms with Crippen LogP contribution < -0.4 is 4.74 Å². The number of nitrogens with zero attached hydrogens (tertiary/aromatic N) is 3. The fourth-order valence-electron chi connectivity index (χ4n) is 4.78. The molecule has 192 valence electrons. The van der Waals surface area contributed by atoms with Crippen LogP contribution in [0.2, 0.25) is 0 Å². The summed E-state index contributed by atoms with van der Waals surface area (Å²) < 4.78 is 41.0. The fourth-order valence-corrected chi connectivity index (χ4v) is 4.78. The highest BCUT2D eigenvalue weighted by Crippen LogP contribution is 2.26. The number of likely N-dealkylation sites (N-methyl/N-ethyl adjacent to an activating group) is 1. The summed E-state index contributed by atoms with van der Waals surface area (Å²) in [6.07, 6.45) is 2.28. The third-order valence-corrected chi connectivity index (χ3v) is 6.71. The molecule has 1 aromatic carbocycles. The highest BCUT2D eigenvalue weighted by Gasteiger charge is 2.31. The van der Waals surface area contributed by atoms with E-state index in [2.05, 4.69) is 41.3 Å². The van der Waals surface area contributed by atoms with E-state index in [-0.39, 0.29) is 11.7 Å². The zero-order valence-electron chi connectivity index (χ0n) is 20.9. The largest absolute Gasteiger partial charge is 0.573 e. The summed E-state index contributed by atoms with van der Waals surface area (Å²) in [6.45, 7) is 11.0. The van der Waals surface area contributed by atoms with Gasteiger partial charge in [-0.3, -0.25) is 4.79 Å². The number of halogens is 3. The summed E-state index contributed by atoms with van der Waals surface area (Å²) in [4.78, 5) is 19.4. The number of ether oxygens (including phenoxy) is 1. The Morgan fingerprint density at radius 3 is 2.46 bits per heavy atom. The fraction of sp³-hybridized carbons (Fsp3) is 0.519. The van der Waals surface area contributed by atoms with Crippen molar-refractivity contribution < 1.29 is 22.7 Å². The van der Waals surface area contributed by atoms with Crippen molar-refractivity contribution in [3.05, 3.63) is 65.3 Å². The first-order valence-electron chi connectivity index (χ1n) is 12.1. The lowest BCUT2D eigenvalue weighted by Gasteiger charge is -2.31. The van der Waals surface area contributed by atoms with Crippen LogP contribution in [0.15, 0.2) is 59.7 Å². The van der Waals surface area contributed by atoms with Gasteiger partial charge in [0.05, 0.1) is 0 Å². The number of carbonyl (C=O) groups is 1. The quantitative estimate of drug-likeness (QED) is 0.359. The van der Waals surface area contributed by atoms with Crippen molar-refractivity contribution in [2.45, 2.75) is 39.1 Å². The predicted octanol–water partition coefficient (Wildman–Crippen LogP) is 5.02. The van der Waals surface area contributed by atoms with Crippen LogP contribution in [-0.2, 0) is 11.3 Å². The summed E-state index contributed by atoms with van der Waals surface area (Å²) in [6, 6.07) is 5.65. The molecule has 2 aliphatic rings. The number of benzene rings is 1. The van der Waals surface area contributed by atoms with Crippen molar-refractivity contribution in [3.8, 4) is 5.75 Å². The first kappa shape index (κ1) is 27.0. The van der Waals surface area contributed by atoms with E-state index in [0.29, 0.717) is 25.4 Å². The number of hydrogen-bond donors (Lipinski definition) is 0. The second-order valence-corrected chi connectivity index (χ2v) is 9.70. The number of likely N-dealkylation sites (tertiary alicyclic amines) is 2. The van der Waals surface area contributed by atoms with Crippen molar-refractivity contribution in [2.75, 3.05) is 46.8 Å². The van der Waals surface area contributed by atoms with Gasteiger partial charge in [-0.05, 0) is 88.1 Å². The first-order valence-corrected chi connectivity index (χ1v) is 12.1. The van der Waals surface area contributed by atoms with Crippen LogP contribution in [0.4, 0.5) is 13.2 Å². The van der Waals surface area contributed by atoms with Crippen LogP contribution in [0, 0.1) is 5.92 Å². The second kappa shape index (κ2) is 11.9. The molecule has 8 heteroatoms. The Balaban J connectivity index is 1.58. The lowest BCUT2D eigenvalue weighted by atomic mass is 9.96. The number of amides is 1. The van der Waals surface area contributed by atoms with Crippen LogP contribution in [0.1, 0.15) is 31.7 Å². The number of hydrogen-bond acceptors (Lipinski definition) is 4. The topological polar surface area (TPSA) is 36.0 Å². The molecule has 3 rings (SSSR count). The van der Waals surface area contributed by atoms with Crippen molar-refractivity contribution in [1.29, 1.82) is 0 Å². The van der Waals surface area contributed by atoms with E-state index in [1.54, 1.807) is 17.0 Å². The monoisotopic (exact) mass is 491 g/mol. The molecule has 1 aromatic rings. The second-order valence-electron chi connectivity index (χ2n) is 9.70. The Bertz CT molecular complexity index is 945. The summed E-state index contributed by atoms with van der Waals surface area (Å²) in [5.74, 6) is 0.409. The molecule has 0 aromatic heterocycles. The highest BCUT2D eigenvalue weighted by atomic mass is 19.4.